The van der Waals surface area contributed by atoms with Crippen molar-refractivity contribution >= 4 is 11.7 Å². The monoisotopic (exact) mass is 212 g/mol. The summed E-state index contributed by atoms with van der Waals surface area (Å²) in [4.78, 5) is 12.2. The van der Waals surface area contributed by atoms with E-state index < -0.39 is 17.8 Å². The van der Waals surface area contributed by atoms with Gasteiger partial charge in [0.1, 0.15) is 11.9 Å². The fraction of sp³-hybridized carbons (Fsp3) is 0.300. The molecule has 0 spiro atoms. The molecule has 82 valence electrons. The van der Waals surface area contributed by atoms with Crippen LogP contribution in [0.4, 0.5) is 10.1 Å². The number of hydrogen-bond acceptors (Lipinski definition) is 3. The molecule has 1 unspecified atom stereocenters. The van der Waals surface area contributed by atoms with Crippen LogP contribution in [-0.4, -0.2) is 25.2 Å². The maximum atomic E-state index is 13.4. The van der Waals surface area contributed by atoms with Crippen LogP contribution < -0.4 is 10.6 Å². The quantitative estimate of drug-likeness (QED) is 0.783. The molecule has 0 aromatic heterocycles. The van der Waals surface area contributed by atoms with Crippen molar-refractivity contribution in [2.24, 2.45) is 5.73 Å². The Balaban J connectivity index is 3.06. The molecular weight excluding hydrogens is 199 g/mol. The minimum atomic E-state index is -1.18. The van der Waals surface area contributed by atoms with Crippen molar-refractivity contribution in [1.29, 1.82) is 0 Å². The zero-order valence-corrected chi connectivity index (χ0v) is 8.57. The molecule has 0 aliphatic carbocycles. The summed E-state index contributed by atoms with van der Waals surface area (Å²) in [7, 11) is 3.41. The Morgan fingerprint density at radius 1 is 1.53 bits per heavy atom. The van der Waals surface area contributed by atoms with Crippen LogP contribution in [0.3, 0.4) is 0 Å². The Kier molecular flexibility index (Phi) is 3.26. The molecule has 0 saturated carbocycles. The van der Waals surface area contributed by atoms with Gasteiger partial charge in [0.05, 0.1) is 5.69 Å². The third-order valence-electron chi connectivity index (χ3n) is 2.08. The molecule has 1 rings (SSSR count). The molecule has 1 aromatic carbocycles. The van der Waals surface area contributed by atoms with Gasteiger partial charge in [-0.15, -0.1) is 0 Å². The number of hydrogen-bond donors (Lipinski definition) is 2. The van der Waals surface area contributed by atoms with Gasteiger partial charge in [-0.1, -0.05) is 6.07 Å². The van der Waals surface area contributed by atoms with E-state index in [4.69, 9.17) is 10.8 Å². The number of anilines is 1. The predicted molar refractivity (Wildman–Crippen MR) is 55.3 cm³/mol. The van der Waals surface area contributed by atoms with Crippen LogP contribution in [-0.2, 0) is 4.79 Å². The molecule has 0 heterocycles. The van der Waals surface area contributed by atoms with Crippen molar-refractivity contribution < 1.29 is 14.3 Å². The number of carboxylic acids is 1. The number of nitrogens with zero attached hydrogens (tertiary/aromatic N) is 1. The lowest BCUT2D eigenvalue weighted by molar-refractivity contribution is -0.138. The molecular formula is C10H13FN2O2. The summed E-state index contributed by atoms with van der Waals surface area (Å²) in [5.41, 5.74) is 6.01. The first-order valence-electron chi connectivity index (χ1n) is 4.38. The van der Waals surface area contributed by atoms with E-state index in [0.29, 0.717) is 5.69 Å². The predicted octanol–water partition coefficient (Wildman–Crippen LogP) is 0.976. The highest BCUT2D eigenvalue weighted by Gasteiger charge is 2.16. The number of benzene rings is 1. The van der Waals surface area contributed by atoms with Crippen LogP contribution in [0.1, 0.15) is 11.6 Å². The molecule has 0 amide bonds. The summed E-state index contributed by atoms with van der Waals surface area (Å²) in [6.07, 6.45) is 0. The number of carbonyl (C=O) groups is 1. The van der Waals surface area contributed by atoms with Crippen molar-refractivity contribution in [3.8, 4) is 0 Å². The number of halogens is 1. The Morgan fingerprint density at radius 3 is 2.53 bits per heavy atom. The molecule has 0 bridgehead atoms. The van der Waals surface area contributed by atoms with Gasteiger partial charge in [0.15, 0.2) is 0 Å². The number of rotatable bonds is 3. The van der Waals surface area contributed by atoms with Crippen molar-refractivity contribution in [3.63, 3.8) is 0 Å². The Labute approximate surface area is 87.1 Å². The highest BCUT2D eigenvalue weighted by molar-refractivity contribution is 5.75. The van der Waals surface area contributed by atoms with E-state index in [0.717, 1.165) is 6.07 Å². The van der Waals surface area contributed by atoms with Crippen LogP contribution >= 0.6 is 0 Å². The maximum absolute atomic E-state index is 13.4. The van der Waals surface area contributed by atoms with Crippen molar-refractivity contribution in [3.05, 3.63) is 29.6 Å². The smallest absolute Gasteiger partial charge is 0.325 e. The van der Waals surface area contributed by atoms with Crippen LogP contribution in [0.15, 0.2) is 18.2 Å². The van der Waals surface area contributed by atoms with Gasteiger partial charge in [-0.25, -0.2) is 4.39 Å². The average Bonchev–Trinajstić information content (AvgIpc) is 2.15. The van der Waals surface area contributed by atoms with E-state index in [1.165, 1.54) is 12.1 Å². The van der Waals surface area contributed by atoms with Gasteiger partial charge < -0.3 is 15.7 Å². The Bertz CT molecular complexity index is 380. The van der Waals surface area contributed by atoms with Gasteiger partial charge in [-0.05, 0) is 17.7 Å². The van der Waals surface area contributed by atoms with Crippen LogP contribution in [0.2, 0.25) is 0 Å². The van der Waals surface area contributed by atoms with Gasteiger partial charge >= 0.3 is 5.97 Å². The highest BCUT2D eigenvalue weighted by Crippen LogP contribution is 2.21. The van der Waals surface area contributed by atoms with Gasteiger partial charge in [0, 0.05) is 14.1 Å². The highest BCUT2D eigenvalue weighted by atomic mass is 19.1. The van der Waals surface area contributed by atoms with E-state index >= 15 is 0 Å². The van der Waals surface area contributed by atoms with Crippen LogP contribution in [0.5, 0.6) is 0 Å². The normalized spacial score (nSPS) is 12.3. The molecule has 15 heavy (non-hydrogen) atoms. The Hall–Kier alpha value is -1.62. The largest absolute Gasteiger partial charge is 0.480 e. The lowest BCUT2D eigenvalue weighted by Crippen LogP contribution is -2.21. The molecule has 1 atom stereocenters. The fourth-order valence-corrected chi connectivity index (χ4v) is 1.22. The van der Waals surface area contributed by atoms with Crippen LogP contribution in [0, 0.1) is 5.82 Å². The third-order valence-corrected chi connectivity index (χ3v) is 2.08. The first-order chi connectivity index (χ1) is 6.93. The molecule has 0 radical (unpaired) electrons. The number of aliphatic carboxylic acids is 1. The zero-order chi connectivity index (χ0) is 11.6. The van der Waals surface area contributed by atoms with Crippen molar-refractivity contribution in [2.45, 2.75) is 6.04 Å². The van der Waals surface area contributed by atoms with E-state index in [2.05, 4.69) is 0 Å². The Morgan fingerprint density at radius 2 is 2.13 bits per heavy atom. The molecule has 5 heteroatoms. The molecule has 0 fully saturated rings. The van der Waals surface area contributed by atoms with Crippen molar-refractivity contribution in [1.82, 2.24) is 0 Å². The summed E-state index contributed by atoms with van der Waals surface area (Å²) in [6.45, 7) is 0. The summed E-state index contributed by atoms with van der Waals surface area (Å²) in [6, 6.07) is 2.98. The average molecular weight is 212 g/mol. The van der Waals surface area contributed by atoms with Gasteiger partial charge in [-0.2, -0.15) is 0 Å². The minimum Gasteiger partial charge on any atom is -0.480 e. The van der Waals surface area contributed by atoms with Crippen molar-refractivity contribution in [2.75, 3.05) is 19.0 Å². The standard InChI is InChI=1S/C10H13FN2O2/c1-13(2)8-4-3-6(5-7(8)11)9(12)10(14)15/h3-5,9H,12H2,1-2H3,(H,14,15). The maximum Gasteiger partial charge on any atom is 0.325 e. The summed E-state index contributed by atoms with van der Waals surface area (Å²) in [5.74, 6) is -1.65. The summed E-state index contributed by atoms with van der Waals surface area (Å²) in [5, 5.41) is 8.65. The second kappa shape index (κ2) is 4.27. The summed E-state index contributed by atoms with van der Waals surface area (Å²) < 4.78 is 13.4. The van der Waals surface area contributed by atoms with E-state index in [1.807, 2.05) is 0 Å². The molecule has 4 nitrogen and oxygen atoms in total. The first-order valence-corrected chi connectivity index (χ1v) is 4.38. The molecule has 0 saturated heterocycles. The molecule has 1 aromatic rings. The summed E-state index contributed by atoms with van der Waals surface area (Å²) >= 11 is 0. The number of carboxylic acid groups (broad SMARTS) is 1. The first kappa shape index (κ1) is 11.5. The third kappa shape index (κ3) is 2.44. The number of nitrogens with two attached hydrogens (primary N) is 1. The zero-order valence-electron chi connectivity index (χ0n) is 8.57. The van der Waals surface area contributed by atoms with E-state index in [1.54, 1.807) is 19.0 Å². The van der Waals surface area contributed by atoms with Gasteiger partial charge in [-0.3, -0.25) is 4.79 Å². The van der Waals surface area contributed by atoms with Crippen LogP contribution in [0.25, 0.3) is 0 Å². The fourth-order valence-electron chi connectivity index (χ4n) is 1.22. The minimum absolute atomic E-state index is 0.255. The lowest BCUT2D eigenvalue weighted by Gasteiger charge is -2.15. The second-order valence-corrected chi connectivity index (χ2v) is 3.42. The molecule has 0 aliphatic rings. The van der Waals surface area contributed by atoms with E-state index in [-0.39, 0.29) is 5.56 Å². The van der Waals surface area contributed by atoms with Gasteiger partial charge in [0.2, 0.25) is 0 Å². The SMILES string of the molecule is CN(C)c1ccc(C(N)C(=O)O)cc1F. The van der Waals surface area contributed by atoms with Gasteiger partial charge in [0.25, 0.3) is 0 Å². The molecule has 3 N–H and O–H groups in total. The topological polar surface area (TPSA) is 66.6 Å². The lowest BCUT2D eigenvalue weighted by atomic mass is 10.1. The second-order valence-electron chi connectivity index (χ2n) is 3.42. The van der Waals surface area contributed by atoms with E-state index in [9.17, 15) is 9.18 Å². The molecule has 0 aliphatic heterocycles.